The molecule has 3 heteroatoms. The lowest BCUT2D eigenvalue weighted by Gasteiger charge is -2.27. The second kappa shape index (κ2) is 6.58. The average Bonchev–Trinajstić information content (AvgIpc) is 2.75. The highest BCUT2D eigenvalue weighted by atomic mass is 16.3. The van der Waals surface area contributed by atoms with Gasteiger partial charge in [0.1, 0.15) is 0 Å². The standard InChI is InChI=1S/C13H28N2O/c1-4-13(5-2)7-9-15(11-13)8-6-12(10-16)14-3/h12,14,16H,4-11H2,1-3H3. The summed E-state index contributed by atoms with van der Waals surface area (Å²) < 4.78 is 0. The summed E-state index contributed by atoms with van der Waals surface area (Å²) in [6.45, 7) is 8.49. The minimum atomic E-state index is 0.247. The van der Waals surface area contributed by atoms with Crippen molar-refractivity contribution in [2.75, 3.05) is 33.3 Å². The maximum absolute atomic E-state index is 9.11. The van der Waals surface area contributed by atoms with Crippen molar-refractivity contribution >= 4 is 0 Å². The van der Waals surface area contributed by atoms with Gasteiger partial charge in [0.15, 0.2) is 0 Å². The first-order chi connectivity index (χ1) is 7.69. The second-order valence-corrected chi connectivity index (χ2v) is 5.19. The van der Waals surface area contributed by atoms with E-state index in [4.69, 9.17) is 5.11 Å². The number of aliphatic hydroxyl groups is 1. The Kier molecular flexibility index (Phi) is 5.73. The number of likely N-dealkylation sites (tertiary alicyclic amines) is 1. The summed E-state index contributed by atoms with van der Waals surface area (Å²) in [7, 11) is 1.92. The van der Waals surface area contributed by atoms with Gasteiger partial charge in [0.2, 0.25) is 0 Å². The van der Waals surface area contributed by atoms with Crippen molar-refractivity contribution in [2.24, 2.45) is 5.41 Å². The van der Waals surface area contributed by atoms with Crippen molar-refractivity contribution in [3.63, 3.8) is 0 Å². The molecule has 16 heavy (non-hydrogen) atoms. The van der Waals surface area contributed by atoms with Crippen LogP contribution < -0.4 is 5.32 Å². The van der Waals surface area contributed by atoms with Gasteiger partial charge >= 0.3 is 0 Å². The highest BCUT2D eigenvalue weighted by molar-refractivity contribution is 4.88. The molecule has 1 aliphatic heterocycles. The summed E-state index contributed by atoms with van der Waals surface area (Å²) in [5.41, 5.74) is 0.578. The smallest absolute Gasteiger partial charge is 0.0585 e. The predicted octanol–water partition coefficient (Wildman–Crippen LogP) is 1.47. The van der Waals surface area contributed by atoms with Crippen molar-refractivity contribution in [1.82, 2.24) is 10.2 Å². The largest absolute Gasteiger partial charge is 0.395 e. The van der Waals surface area contributed by atoms with Crippen LogP contribution in [0.2, 0.25) is 0 Å². The van der Waals surface area contributed by atoms with Crippen LogP contribution in [-0.2, 0) is 0 Å². The molecule has 3 nitrogen and oxygen atoms in total. The number of nitrogens with one attached hydrogen (secondary N) is 1. The van der Waals surface area contributed by atoms with Gasteiger partial charge < -0.3 is 15.3 Å². The molecule has 96 valence electrons. The summed E-state index contributed by atoms with van der Waals surface area (Å²) in [6.07, 6.45) is 5.00. The fourth-order valence-electron chi connectivity index (χ4n) is 2.71. The Morgan fingerprint density at radius 1 is 1.38 bits per heavy atom. The van der Waals surface area contributed by atoms with E-state index in [1.807, 2.05) is 7.05 Å². The summed E-state index contributed by atoms with van der Waals surface area (Å²) >= 11 is 0. The Hall–Kier alpha value is -0.120. The first-order valence-corrected chi connectivity index (χ1v) is 6.70. The monoisotopic (exact) mass is 228 g/mol. The Labute approximate surface area is 100 Å². The van der Waals surface area contributed by atoms with E-state index in [2.05, 4.69) is 24.1 Å². The molecular weight excluding hydrogens is 200 g/mol. The zero-order chi connectivity index (χ0) is 12.0. The molecule has 0 aromatic heterocycles. The molecule has 1 saturated heterocycles. The molecular formula is C13H28N2O. The number of hydrogen-bond acceptors (Lipinski definition) is 3. The van der Waals surface area contributed by atoms with Crippen molar-refractivity contribution in [1.29, 1.82) is 0 Å². The van der Waals surface area contributed by atoms with Gasteiger partial charge in [-0.05, 0) is 51.2 Å². The van der Waals surface area contributed by atoms with Crippen LogP contribution in [0, 0.1) is 5.41 Å². The molecule has 1 fully saturated rings. The van der Waals surface area contributed by atoms with Crippen LogP contribution in [-0.4, -0.2) is 49.3 Å². The molecule has 0 amide bonds. The lowest BCUT2D eigenvalue weighted by molar-refractivity contribution is 0.207. The molecule has 0 radical (unpaired) electrons. The Bertz CT molecular complexity index is 188. The molecule has 1 rings (SSSR count). The normalized spacial score (nSPS) is 22.5. The molecule has 1 aliphatic rings. The van der Waals surface area contributed by atoms with Crippen LogP contribution in [0.4, 0.5) is 0 Å². The zero-order valence-corrected chi connectivity index (χ0v) is 11.1. The third kappa shape index (κ3) is 3.44. The molecule has 0 aromatic carbocycles. The van der Waals surface area contributed by atoms with Crippen molar-refractivity contribution < 1.29 is 5.11 Å². The van der Waals surface area contributed by atoms with E-state index >= 15 is 0 Å². The van der Waals surface area contributed by atoms with Crippen molar-refractivity contribution in [2.45, 2.75) is 45.6 Å². The number of hydrogen-bond donors (Lipinski definition) is 2. The molecule has 1 heterocycles. The van der Waals surface area contributed by atoms with Crippen LogP contribution in [0.15, 0.2) is 0 Å². The Balaban J connectivity index is 2.31. The van der Waals surface area contributed by atoms with E-state index in [1.165, 1.54) is 32.4 Å². The molecule has 0 bridgehead atoms. The molecule has 0 saturated carbocycles. The van der Waals surface area contributed by atoms with Crippen LogP contribution >= 0.6 is 0 Å². The number of rotatable bonds is 7. The first-order valence-electron chi connectivity index (χ1n) is 6.70. The van der Waals surface area contributed by atoms with Crippen LogP contribution in [0.1, 0.15) is 39.5 Å². The van der Waals surface area contributed by atoms with E-state index in [1.54, 1.807) is 0 Å². The first kappa shape index (κ1) is 13.9. The minimum Gasteiger partial charge on any atom is -0.395 e. The maximum atomic E-state index is 9.11. The lowest BCUT2D eigenvalue weighted by atomic mass is 9.82. The number of likely N-dealkylation sites (N-methyl/N-ethyl adjacent to an activating group) is 1. The molecule has 2 N–H and O–H groups in total. The van der Waals surface area contributed by atoms with E-state index in [9.17, 15) is 0 Å². The molecule has 1 atom stereocenters. The van der Waals surface area contributed by atoms with Gasteiger partial charge in [-0.3, -0.25) is 0 Å². The average molecular weight is 228 g/mol. The van der Waals surface area contributed by atoms with E-state index in [0.29, 0.717) is 5.41 Å². The third-order valence-electron chi connectivity index (χ3n) is 4.44. The SMILES string of the molecule is CCC1(CC)CCN(CCC(CO)NC)C1. The van der Waals surface area contributed by atoms with E-state index in [-0.39, 0.29) is 12.6 Å². The van der Waals surface area contributed by atoms with E-state index in [0.717, 1.165) is 13.0 Å². The number of aliphatic hydroxyl groups excluding tert-OH is 1. The maximum Gasteiger partial charge on any atom is 0.0585 e. The van der Waals surface area contributed by atoms with Gasteiger partial charge in [-0.1, -0.05) is 13.8 Å². The lowest BCUT2D eigenvalue weighted by Crippen LogP contribution is -2.35. The zero-order valence-electron chi connectivity index (χ0n) is 11.1. The fourth-order valence-corrected chi connectivity index (χ4v) is 2.71. The Morgan fingerprint density at radius 2 is 2.06 bits per heavy atom. The quantitative estimate of drug-likeness (QED) is 0.692. The summed E-state index contributed by atoms with van der Waals surface area (Å²) in [5, 5.41) is 12.3. The highest BCUT2D eigenvalue weighted by Gasteiger charge is 2.34. The fraction of sp³-hybridized carbons (Fsp3) is 1.00. The van der Waals surface area contributed by atoms with E-state index < -0.39 is 0 Å². The summed E-state index contributed by atoms with van der Waals surface area (Å²) in [5.74, 6) is 0. The third-order valence-corrected chi connectivity index (χ3v) is 4.44. The van der Waals surface area contributed by atoms with Crippen molar-refractivity contribution in [3.8, 4) is 0 Å². The Morgan fingerprint density at radius 3 is 2.50 bits per heavy atom. The summed E-state index contributed by atoms with van der Waals surface area (Å²) in [4.78, 5) is 2.56. The van der Waals surface area contributed by atoms with Gasteiger partial charge in [-0.2, -0.15) is 0 Å². The van der Waals surface area contributed by atoms with Gasteiger partial charge in [0.05, 0.1) is 6.61 Å². The van der Waals surface area contributed by atoms with Gasteiger partial charge in [-0.25, -0.2) is 0 Å². The molecule has 0 aromatic rings. The molecule has 1 unspecified atom stereocenters. The highest BCUT2D eigenvalue weighted by Crippen LogP contribution is 2.36. The van der Waals surface area contributed by atoms with Gasteiger partial charge in [-0.15, -0.1) is 0 Å². The van der Waals surface area contributed by atoms with Gasteiger partial charge in [0, 0.05) is 12.6 Å². The van der Waals surface area contributed by atoms with Crippen molar-refractivity contribution in [3.05, 3.63) is 0 Å². The minimum absolute atomic E-state index is 0.247. The second-order valence-electron chi connectivity index (χ2n) is 5.19. The molecule has 0 aliphatic carbocycles. The number of nitrogens with zero attached hydrogens (tertiary/aromatic N) is 1. The van der Waals surface area contributed by atoms with Crippen LogP contribution in [0.5, 0.6) is 0 Å². The van der Waals surface area contributed by atoms with Crippen LogP contribution in [0.25, 0.3) is 0 Å². The predicted molar refractivity (Wildman–Crippen MR) is 68.6 cm³/mol. The molecule has 0 spiro atoms. The summed E-state index contributed by atoms with van der Waals surface area (Å²) in [6, 6.07) is 0.262. The topological polar surface area (TPSA) is 35.5 Å². The van der Waals surface area contributed by atoms with Crippen LogP contribution in [0.3, 0.4) is 0 Å². The van der Waals surface area contributed by atoms with Gasteiger partial charge in [0.25, 0.3) is 0 Å².